The molecule has 1 aromatic carbocycles. The number of rotatable bonds is 6. The maximum Gasteiger partial charge on any atom is 0.237 e. The fraction of sp³-hybridized carbons (Fsp3) is 0.619. The first-order chi connectivity index (χ1) is 12.3. The number of carbonyl (C=O) groups excluding carboxylic acids is 2. The molecular formula is C21H33N3O2. The van der Waals surface area contributed by atoms with Crippen molar-refractivity contribution in [2.45, 2.75) is 52.6 Å². The molecule has 1 aromatic rings. The van der Waals surface area contributed by atoms with E-state index in [9.17, 15) is 9.59 Å². The van der Waals surface area contributed by atoms with Crippen LogP contribution in [0.1, 0.15) is 46.1 Å². The normalized spacial score (nSPS) is 18.4. The van der Waals surface area contributed by atoms with Gasteiger partial charge in [-0.05, 0) is 51.6 Å². The zero-order chi connectivity index (χ0) is 19.2. The Hall–Kier alpha value is -1.88. The lowest BCUT2D eigenvalue weighted by Crippen LogP contribution is -2.51. The van der Waals surface area contributed by atoms with Crippen molar-refractivity contribution in [1.29, 1.82) is 0 Å². The maximum atomic E-state index is 13.0. The Morgan fingerprint density at radius 3 is 2.54 bits per heavy atom. The number of hydrogen-bond donors (Lipinski definition) is 1. The summed E-state index contributed by atoms with van der Waals surface area (Å²) in [6, 6.07) is 10.2. The molecule has 1 atom stereocenters. The molecule has 0 bridgehead atoms. The van der Waals surface area contributed by atoms with Crippen LogP contribution in [0.15, 0.2) is 30.3 Å². The third kappa shape index (κ3) is 6.45. The summed E-state index contributed by atoms with van der Waals surface area (Å²) in [5, 5.41) is 2.91. The van der Waals surface area contributed by atoms with Gasteiger partial charge in [-0.1, -0.05) is 30.3 Å². The first kappa shape index (κ1) is 20.4. The summed E-state index contributed by atoms with van der Waals surface area (Å²) < 4.78 is 0. The third-order valence-electron chi connectivity index (χ3n) is 4.90. The van der Waals surface area contributed by atoms with Gasteiger partial charge in [0.2, 0.25) is 11.8 Å². The highest BCUT2D eigenvalue weighted by molar-refractivity contribution is 5.79. The van der Waals surface area contributed by atoms with E-state index in [2.05, 4.69) is 43.1 Å². The van der Waals surface area contributed by atoms with Gasteiger partial charge in [0.1, 0.15) is 0 Å². The van der Waals surface area contributed by atoms with Gasteiger partial charge in [0.15, 0.2) is 0 Å². The quantitative estimate of drug-likeness (QED) is 0.850. The van der Waals surface area contributed by atoms with Crippen molar-refractivity contribution < 1.29 is 9.59 Å². The van der Waals surface area contributed by atoms with Crippen molar-refractivity contribution in [1.82, 2.24) is 15.1 Å². The highest BCUT2D eigenvalue weighted by atomic mass is 16.2. The molecule has 0 aliphatic carbocycles. The number of likely N-dealkylation sites (tertiary alicyclic amines) is 1. The molecule has 1 heterocycles. The van der Waals surface area contributed by atoms with Gasteiger partial charge < -0.3 is 10.2 Å². The van der Waals surface area contributed by atoms with Gasteiger partial charge >= 0.3 is 0 Å². The monoisotopic (exact) mass is 359 g/mol. The molecule has 5 nitrogen and oxygen atoms in total. The van der Waals surface area contributed by atoms with Crippen LogP contribution < -0.4 is 5.32 Å². The summed E-state index contributed by atoms with van der Waals surface area (Å²) in [4.78, 5) is 28.4. The SMILES string of the molecule is CC(=O)NCC1CCCN(CC(=O)N(Cc2ccccc2)C(C)(C)C)C1. The van der Waals surface area contributed by atoms with E-state index in [0.29, 0.717) is 25.6 Å². The summed E-state index contributed by atoms with van der Waals surface area (Å²) in [6.07, 6.45) is 2.18. The lowest BCUT2D eigenvalue weighted by molar-refractivity contribution is -0.138. The van der Waals surface area contributed by atoms with Crippen LogP contribution in [0.3, 0.4) is 0 Å². The van der Waals surface area contributed by atoms with E-state index in [1.807, 2.05) is 23.1 Å². The molecule has 1 N–H and O–H groups in total. The molecular weight excluding hydrogens is 326 g/mol. The number of carbonyl (C=O) groups is 2. The molecule has 26 heavy (non-hydrogen) atoms. The van der Waals surface area contributed by atoms with Crippen molar-refractivity contribution in [3.05, 3.63) is 35.9 Å². The molecule has 5 heteroatoms. The largest absolute Gasteiger partial charge is 0.356 e. The van der Waals surface area contributed by atoms with Crippen LogP contribution in [0.4, 0.5) is 0 Å². The van der Waals surface area contributed by atoms with E-state index in [4.69, 9.17) is 0 Å². The fourth-order valence-corrected chi connectivity index (χ4v) is 3.49. The first-order valence-electron chi connectivity index (χ1n) is 9.57. The summed E-state index contributed by atoms with van der Waals surface area (Å²) >= 11 is 0. The number of nitrogens with zero attached hydrogens (tertiary/aromatic N) is 2. The Morgan fingerprint density at radius 2 is 1.92 bits per heavy atom. The van der Waals surface area contributed by atoms with Crippen LogP contribution in [0.5, 0.6) is 0 Å². The smallest absolute Gasteiger partial charge is 0.237 e. The predicted octanol–water partition coefficient (Wildman–Crippen LogP) is 2.66. The Labute approximate surface area is 157 Å². The van der Waals surface area contributed by atoms with Crippen molar-refractivity contribution in [3.63, 3.8) is 0 Å². The summed E-state index contributed by atoms with van der Waals surface area (Å²) in [5.41, 5.74) is 0.927. The summed E-state index contributed by atoms with van der Waals surface area (Å²) in [6.45, 7) is 11.4. The zero-order valence-electron chi connectivity index (χ0n) is 16.6. The van der Waals surface area contributed by atoms with Gasteiger partial charge in [-0.15, -0.1) is 0 Å². The molecule has 1 aliphatic rings. The number of piperidine rings is 1. The Balaban J connectivity index is 1.96. The molecule has 144 valence electrons. The van der Waals surface area contributed by atoms with Crippen LogP contribution in [0.2, 0.25) is 0 Å². The second-order valence-electron chi connectivity index (χ2n) is 8.32. The van der Waals surface area contributed by atoms with Crippen LogP contribution in [0.25, 0.3) is 0 Å². The van der Waals surface area contributed by atoms with E-state index in [-0.39, 0.29) is 17.4 Å². The van der Waals surface area contributed by atoms with Gasteiger partial charge in [0, 0.05) is 32.1 Å². The Morgan fingerprint density at radius 1 is 1.23 bits per heavy atom. The summed E-state index contributed by atoms with van der Waals surface area (Å²) in [7, 11) is 0. The minimum Gasteiger partial charge on any atom is -0.356 e. The third-order valence-corrected chi connectivity index (χ3v) is 4.90. The van der Waals surface area contributed by atoms with E-state index in [1.165, 1.54) is 0 Å². The van der Waals surface area contributed by atoms with E-state index in [0.717, 1.165) is 31.5 Å². The number of nitrogens with one attached hydrogen (secondary N) is 1. The lowest BCUT2D eigenvalue weighted by Gasteiger charge is -2.39. The minimum absolute atomic E-state index is 0.0139. The maximum absolute atomic E-state index is 13.0. The lowest BCUT2D eigenvalue weighted by atomic mass is 9.97. The van der Waals surface area contributed by atoms with Gasteiger partial charge in [-0.25, -0.2) is 0 Å². The number of amides is 2. The Kier molecular flexibility index (Phi) is 7.21. The molecule has 0 aromatic heterocycles. The van der Waals surface area contributed by atoms with Crippen LogP contribution in [0, 0.1) is 5.92 Å². The molecule has 2 amide bonds. The molecule has 1 unspecified atom stereocenters. The molecule has 1 fully saturated rings. The molecule has 0 radical (unpaired) electrons. The highest BCUT2D eigenvalue weighted by Gasteiger charge is 2.29. The zero-order valence-corrected chi connectivity index (χ0v) is 16.6. The minimum atomic E-state index is -0.224. The Bertz CT molecular complexity index is 595. The number of benzene rings is 1. The second-order valence-corrected chi connectivity index (χ2v) is 8.32. The van der Waals surface area contributed by atoms with Crippen LogP contribution in [-0.2, 0) is 16.1 Å². The van der Waals surface area contributed by atoms with E-state index < -0.39 is 0 Å². The van der Waals surface area contributed by atoms with Gasteiger partial charge in [0.25, 0.3) is 0 Å². The van der Waals surface area contributed by atoms with Crippen molar-refractivity contribution in [3.8, 4) is 0 Å². The first-order valence-corrected chi connectivity index (χ1v) is 9.57. The second kappa shape index (κ2) is 9.17. The van der Waals surface area contributed by atoms with Gasteiger partial charge in [-0.2, -0.15) is 0 Å². The average Bonchev–Trinajstić information content (AvgIpc) is 2.58. The molecule has 0 spiro atoms. The molecule has 1 saturated heterocycles. The predicted molar refractivity (Wildman–Crippen MR) is 105 cm³/mol. The highest BCUT2D eigenvalue weighted by Crippen LogP contribution is 2.20. The molecule has 1 aliphatic heterocycles. The fourth-order valence-electron chi connectivity index (χ4n) is 3.49. The van der Waals surface area contributed by atoms with Crippen LogP contribution >= 0.6 is 0 Å². The van der Waals surface area contributed by atoms with Gasteiger partial charge in [0.05, 0.1) is 6.54 Å². The topological polar surface area (TPSA) is 52.7 Å². The molecule has 0 saturated carbocycles. The standard InChI is InChI=1S/C21H33N3O2/c1-17(25)22-13-19-11-8-12-23(14-19)16-20(26)24(21(2,3)4)15-18-9-6-5-7-10-18/h5-7,9-10,19H,8,11-16H2,1-4H3,(H,22,25). The van der Waals surface area contributed by atoms with E-state index in [1.54, 1.807) is 6.92 Å². The van der Waals surface area contributed by atoms with E-state index >= 15 is 0 Å². The van der Waals surface area contributed by atoms with Crippen LogP contribution in [-0.4, -0.2) is 53.3 Å². The van der Waals surface area contributed by atoms with Crippen molar-refractivity contribution in [2.24, 2.45) is 5.92 Å². The average molecular weight is 360 g/mol. The van der Waals surface area contributed by atoms with Crippen molar-refractivity contribution >= 4 is 11.8 Å². The number of hydrogen-bond acceptors (Lipinski definition) is 3. The molecule has 2 rings (SSSR count). The summed E-state index contributed by atoms with van der Waals surface area (Å²) in [5.74, 6) is 0.610. The van der Waals surface area contributed by atoms with Gasteiger partial charge in [-0.3, -0.25) is 14.5 Å². The van der Waals surface area contributed by atoms with Crippen molar-refractivity contribution in [2.75, 3.05) is 26.2 Å².